The molecule has 48 heavy (non-hydrogen) atoms. The summed E-state index contributed by atoms with van der Waals surface area (Å²) >= 11 is 0. The van der Waals surface area contributed by atoms with Gasteiger partial charge in [-0.15, -0.1) is 0 Å². The predicted octanol–water partition coefficient (Wildman–Crippen LogP) is 12.9. The van der Waals surface area contributed by atoms with Crippen LogP contribution in [-0.2, 0) is 28.6 Å². The molecule has 0 aromatic heterocycles. The fourth-order valence-electron chi connectivity index (χ4n) is 6.15. The van der Waals surface area contributed by atoms with Gasteiger partial charge in [0, 0.05) is 19.3 Å². The largest absolute Gasteiger partial charge is 0.462 e. The van der Waals surface area contributed by atoms with E-state index in [1.54, 1.807) is 0 Å². The van der Waals surface area contributed by atoms with Gasteiger partial charge in [0.25, 0.3) is 0 Å². The second kappa shape index (κ2) is 38.2. The molecule has 0 saturated carbocycles. The zero-order valence-corrected chi connectivity index (χ0v) is 32.3. The molecule has 6 nitrogen and oxygen atoms in total. The van der Waals surface area contributed by atoms with Gasteiger partial charge < -0.3 is 14.2 Å². The van der Waals surface area contributed by atoms with Crippen molar-refractivity contribution in [2.24, 2.45) is 0 Å². The molecule has 0 aromatic carbocycles. The highest BCUT2D eigenvalue weighted by Crippen LogP contribution is 2.15. The Morgan fingerprint density at radius 1 is 0.333 bits per heavy atom. The number of carbonyl (C=O) groups excluding carboxylic acids is 3. The van der Waals surface area contributed by atoms with E-state index in [4.69, 9.17) is 14.2 Å². The highest BCUT2D eigenvalue weighted by molar-refractivity contribution is 5.71. The first kappa shape index (κ1) is 46.4. The molecule has 0 aliphatic rings. The molecule has 0 heterocycles. The molecule has 0 spiro atoms. The topological polar surface area (TPSA) is 78.9 Å². The Morgan fingerprint density at radius 3 is 0.833 bits per heavy atom. The van der Waals surface area contributed by atoms with E-state index in [2.05, 4.69) is 20.8 Å². The maximum absolute atomic E-state index is 12.6. The maximum Gasteiger partial charge on any atom is 0.306 e. The van der Waals surface area contributed by atoms with Crippen LogP contribution < -0.4 is 0 Å². The average Bonchev–Trinajstić information content (AvgIpc) is 3.08. The van der Waals surface area contributed by atoms with E-state index in [0.29, 0.717) is 19.3 Å². The highest BCUT2D eigenvalue weighted by atomic mass is 16.6. The standard InChI is InChI=1S/C42H80O6/c1-4-7-10-13-16-19-20-21-22-23-24-27-29-32-35-41(44)47-38-39(48-42(45)36-33-30-26-18-15-12-9-6-3)37-46-40(43)34-31-28-25-17-14-11-8-5-2/h39H,4-38H2,1-3H3. The van der Waals surface area contributed by atoms with E-state index >= 15 is 0 Å². The van der Waals surface area contributed by atoms with Crippen molar-refractivity contribution in [3.05, 3.63) is 0 Å². The molecular formula is C42H80O6. The summed E-state index contributed by atoms with van der Waals surface area (Å²) in [5, 5.41) is 0. The number of rotatable bonds is 38. The first-order valence-corrected chi connectivity index (χ1v) is 21.0. The number of hydrogen-bond donors (Lipinski definition) is 0. The van der Waals surface area contributed by atoms with Gasteiger partial charge >= 0.3 is 17.9 Å². The fourth-order valence-corrected chi connectivity index (χ4v) is 6.15. The summed E-state index contributed by atoms with van der Waals surface area (Å²) in [6.45, 7) is 6.58. The molecule has 1 atom stereocenters. The normalized spacial score (nSPS) is 11.8. The van der Waals surface area contributed by atoms with Crippen molar-refractivity contribution in [3.63, 3.8) is 0 Å². The Morgan fingerprint density at radius 2 is 0.562 bits per heavy atom. The Kier molecular flexibility index (Phi) is 36.9. The second-order valence-electron chi connectivity index (χ2n) is 14.3. The minimum atomic E-state index is -0.755. The molecule has 0 aliphatic carbocycles. The fraction of sp³-hybridized carbons (Fsp3) is 0.929. The summed E-state index contributed by atoms with van der Waals surface area (Å²) in [6, 6.07) is 0. The Bertz CT molecular complexity index is 708. The van der Waals surface area contributed by atoms with E-state index in [-0.39, 0.29) is 31.1 Å². The number of hydrogen-bond acceptors (Lipinski definition) is 6. The van der Waals surface area contributed by atoms with Gasteiger partial charge in [0.2, 0.25) is 0 Å². The average molecular weight is 681 g/mol. The summed E-state index contributed by atoms with van der Waals surface area (Å²) in [4.78, 5) is 37.4. The van der Waals surface area contributed by atoms with Crippen LogP contribution in [0.1, 0.15) is 233 Å². The van der Waals surface area contributed by atoms with Crippen LogP contribution in [-0.4, -0.2) is 37.2 Å². The first-order valence-electron chi connectivity index (χ1n) is 21.0. The van der Waals surface area contributed by atoms with E-state index in [0.717, 1.165) is 57.8 Å². The Labute approximate surface area is 298 Å². The molecule has 0 fully saturated rings. The van der Waals surface area contributed by atoms with Crippen LogP contribution in [0.4, 0.5) is 0 Å². The van der Waals surface area contributed by atoms with Gasteiger partial charge in [-0.1, -0.05) is 194 Å². The van der Waals surface area contributed by atoms with Crippen molar-refractivity contribution < 1.29 is 28.6 Å². The van der Waals surface area contributed by atoms with Gasteiger partial charge in [-0.05, 0) is 19.3 Å². The highest BCUT2D eigenvalue weighted by Gasteiger charge is 2.19. The summed E-state index contributed by atoms with van der Waals surface area (Å²) in [7, 11) is 0. The summed E-state index contributed by atoms with van der Waals surface area (Å²) < 4.78 is 16.6. The molecule has 0 aromatic rings. The molecule has 6 heteroatoms. The van der Waals surface area contributed by atoms with Crippen LogP contribution in [0, 0.1) is 0 Å². The molecule has 0 amide bonds. The van der Waals surface area contributed by atoms with Gasteiger partial charge in [0.1, 0.15) is 13.2 Å². The van der Waals surface area contributed by atoms with Gasteiger partial charge in [0.15, 0.2) is 6.10 Å². The van der Waals surface area contributed by atoms with Crippen molar-refractivity contribution in [1.29, 1.82) is 0 Å². The third-order valence-corrected chi connectivity index (χ3v) is 9.36. The lowest BCUT2D eigenvalue weighted by Gasteiger charge is -2.18. The lowest BCUT2D eigenvalue weighted by atomic mass is 10.0. The molecule has 0 saturated heterocycles. The summed E-state index contributed by atoms with van der Waals surface area (Å²) in [6.07, 6.45) is 36.6. The smallest absolute Gasteiger partial charge is 0.306 e. The molecule has 284 valence electrons. The maximum atomic E-state index is 12.6. The molecule has 1 unspecified atom stereocenters. The third kappa shape index (κ3) is 35.7. The number of esters is 3. The van der Waals surface area contributed by atoms with Crippen molar-refractivity contribution in [3.8, 4) is 0 Å². The SMILES string of the molecule is CCCCCCCCCCCCCCCCC(=O)OCC(COC(=O)CCCCCCCCCC)OC(=O)CCCCCCCCCC. The minimum Gasteiger partial charge on any atom is -0.462 e. The number of ether oxygens (including phenoxy) is 3. The van der Waals surface area contributed by atoms with Crippen molar-refractivity contribution in [2.45, 2.75) is 239 Å². The van der Waals surface area contributed by atoms with E-state index in [1.807, 2.05) is 0 Å². The third-order valence-electron chi connectivity index (χ3n) is 9.36. The van der Waals surface area contributed by atoms with Crippen molar-refractivity contribution >= 4 is 17.9 Å². The predicted molar refractivity (Wildman–Crippen MR) is 201 cm³/mol. The molecule has 0 bridgehead atoms. The van der Waals surface area contributed by atoms with Crippen LogP contribution >= 0.6 is 0 Å². The van der Waals surface area contributed by atoms with Crippen LogP contribution in [0.25, 0.3) is 0 Å². The number of carbonyl (C=O) groups is 3. The molecule has 0 rings (SSSR count). The molecule has 0 aliphatic heterocycles. The summed E-state index contributed by atoms with van der Waals surface area (Å²) in [5.41, 5.74) is 0. The van der Waals surface area contributed by atoms with Crippen molar-refractivity contribution in [1.82, 2.24) is 0 Å². The van der Waals surface area contributed by atoms with E-state index in [9.17, 15) is 14.4 Å². The monoisotopic (exact) mass is 681 g/mol. The van der Waals surface area contributed by atoms with Crippen LogP contribution in [0.15, 0.2) is 0 Å². The van der Waals surface area contributed by atoms with Gasteiger partial charge in [0.05, 0.1) is 0 Å². The number of unbranched alkanes of at least 4 members (excludes halogenated alkanes) is 27. The molecule has 0 radical (unpaired) electrons. The first-order chi connectivity index (χ1) is 23.5. The Hall–Kier alpha value is -1.59. The van der Waals surface area contributed by atoms with Crippen LogP contribution in [0.3, 0.4) is 0 Å². The van der Waals surface area contributed by atoms with Crippen molar-refractivity contribution in [2.75, 3.05) is 13.2 Å². The van der Waals surface area contributed by atoms with Crippen LogP contribution in [0.5, 0.6) is 0 Å². The molecule has 0 N–H and O–H groups in total. The van der Waals surface area contributed by atoms with Gasteiger partial charge in [-0.3, -0.25) is 14.4 Å². The van der Waals surface area contributed by atoms with Gasteiger partial charge in [-0.2, -0.15) is 0 Å². The lowest BCUT2D eigenvalue weighted by molar-refractivity contribution is -0.167. The zero-order chi connectivity index (χ0) is 35.2. The quantitative estimate of drug-likeness (QED) is 0.0367. The molecular weight excluding hydrogens is 600 g/mol. The second-order valence-corrected chi connectivity index (χ2v) is 14.3. The lowest BCUT2D eigenvalue weighted by Crippen LogP contribution is -2.30. The van der Waals surface area contributed by atoms with E-state index in [1.165, 1.54) is 135 Å². The zero-order valence-electron chi connectivity index (χ0n) is 32.3. The van der Waals surface area contributed by atoms with Gasteiger partial charge in [-0.25, -0.2) is 0 Å². The van der Waals surface area contributed by atoms with Crippen LogP contribution in [0.2, 0.25) is 0 Å². The minimum absolute atomic E-state index is 0.0638. The van der Waals surface area contributed by atoms with E-state index < -0.39 is 6.10 Å². The summed E-state index contributed by atoms with van der Waals surface area (Å²) in [5.74, 6) is -0.865. The Balaban J connectivity index is 4.25.